The fourth-order valence-corrected chi connectivity index (χ4v) is 1.94. The van der Waals surface area contributed by atoms with E-state index in [2.05, 4.69) is 10.5 Å². The third-order valence-corrected chi connectivity index (χ3v) is 3.07. The lowest BCUT2D eigenvalue weighted by Gasteiger charge is -2.26. The van der Waals surface area contributed by atoms with E-state index < -0.39 is 5.84 Å². The normalized spacial score (nSPS) is 15.0. The SMILES string of the molecule is N#C/C(=N\Nc1cccc(C(=O)N2CCOCC2)c1)C(=N)N. The van der Waals surface area contributed by atoms with Gasteiger partial charge in [-0.15, -0.1) is 0 Å². The van der Waals surface area contributed by atoms with E-state index in [1.54, 1.807) is 35.2 Å². The van der Waals surface area contributed by atoms with E-state index >= 15 is 0 Å². The maximum atomic E-state index is 12.4. The van der Waals surface area contributed by atoms with Crippen molar-refractivity contribution in [2.45, 2.75) is 0 Å². The fourth-order valence-electron chi connectivity index (χ4n) is 1.94. The van der Waals surface area contributed by atoms with E-state index in [1.165, 1.54) is 0 Å². The van der Waals surface area contributed by atoms with Crippen LogP contribution in [0.25, 0.3) is 0 Å². The standard InChI is InChI=1S/C14H16N6O2/c15-9-12(13(16)17)19-18-11-3-1-2-10(8-11)14(21)20-4-6-22-7-5-20/h1-3,8,18H,4-7H2,(H3,16,17)/b19-12+. The Morgan fingerprint density at radius 1 is 1.45 bits per heavy atom. The average molecular weight is 300 g/mol. The number of carbonyl (C=O) groups excluding carboxylic acids is 1. The summed E-state index contributed by atoms with van der Waals surface area (Å²) in [6, 6.07) is 8.47. The van der Waals surface area contributed by atoms with E-state index in [0.29, 0.717) is 37.6 Å². The largest absolute Gasteiger partial charge is 0.382 e. The highest BCUT2D eigenvalue weighted by atomic mass is 16.5. The summed E-state index contributed by atoms with van der Waals surface area (Å²) in [4.78, 5) is 14.1. The first-order valence-electron chi connectivity index (χ1n) is 6.67. The minimum absolute atomic E-state index is 0.0806. The van der Waals surface area contributed by atoms with E-state index in [-0.39, 0.29) is 11.6 Å². The first-order chi connectivity index (χ1) is 10.6. The van der Waals surface area contributed by atoms with Gasteiger partial charge in [0.1, 0.15) is 6.07 Å². The summed E-state index contributed by atoms with van der Waals surface area (Å²) >= 11 is 0. The summed E-state index contributed by atoms with van der Waals surface area (Å²) in [5.74, 6) is -0.501. The highest BCUT2D eigenvalue weighted by Gasteiger charge is 2.18. The molecule has 114 valence electrons. The van der Waals surface area contributed by atoms with E-state index in [4.69, 9.17) is 21.1 Å². The van der Waals surface area contributed by atoms with Gasteiger partial charge in [0, 0.05) is 18.7 Å². The predicted molar refractivity (Wildman–Crippen MR) is 81.7 cm³/mol. The summed E-state index contributed by atoms with van der Waals surface area (Å²) < 4.78 is 5.22. The molecule has 1 saturated heterocycles. The molecule has 8 nitrogen and oxygen atoms in total. The van der Waals surface area contributed by atoms with Crippen LogP contribution in [0.3, 0.4) is 0 Å². The molecule has 1 heterocycles. The van der Waals surface area contributed by atoms with Gasteiger partial charge in [0.2, 0.25) is 5.71 Å². The first kappa shape index (κ1) is 15.5. The molecule has 0 radical (unpaired) electrons. The number of hydrogen-bond acceptors (Lipinski definition) is 6. The number of hydrogen-bond donors (Lipinski definition) is 3. The molecule has 4 N–H and O–H groups in total. The first-order valence-corrected chi connectivity index (χ1v) is 6.67. The lowest BCUT2D eigenvalue weighted by Crippen LogP contribution is -2.40. The van der Waals surface area contributed by atoms with Crippen LogP contribution in [0, 0.1) is 16.7 Å². The molecule has 2 rings (SSSR count). The van der Waals surface area contributed by atoms with Crippen LogP contribution in [-0.2, 0) is 4.74 Å². The number of benzene rings is 1. The maximum absolute atomic E-state index is 12.4. The van der Waals surface area contributed by atoms with E-state index in [1.807, 2.05) is 0 Å². The van der Waals surface area contributed by atoms with Crippen molar-refractivity contribution in [2.24, 2.45) is 10.8 Å². The van der Waals surface area contributed by atoms with Gasteiger partial charge in [0.05, 0.1) is 18.9 Å². The second-order valence-electron chi connectivity index (χ2n) is 4.58. The molecular weight excluding hydrogens is 284 g/mol. The highest BCUT2D eigenvalue weighted by Crippen LogP contribution is 2.13. The lowest BCUT2D eigenvalue weighted by atomic mass is 10.1. The summed E-state index contributed by atoms with van der Waals surface area (Å²) in [5.41, 5.74) is 8.66. The van der Waals surface area contributed by atoms with Crippen LogP contribution in [0.5, 0.6) is 0 Å². The Morgan fingerprint density at radius 3 is 2.82 bits per heavy atom. The molecule has 1 aliphatic rings. The van der Waals surface area contributed by atoms with Crippen LogP contribution >= 0.6 is 0 Å². The van der Waals surface area contributed by atoms with E-state index in [9.17, 15) is 4.79 Å². The van der Waals surface area contributed by atoms with Crippen LogP contribution < -0.4 is 11.2 Å². The molecule has 22 heavy (non-hydrogen) atoms. The van der Waals surface area contributed by atoms with Gasteiger partial charge in [0.15, 0.2) is 5.84 Å². The molecule has 0 atom stereocenters. The molecule has 0 unspecified atom stereocenters. The Bertz CT molecular complexity index is 643. The Labute approximate surface area is 127 Å². The number of morpholine rings is 1. The number of anilines is 1. The van der Waals surface area contributed by atoms with Crippen LogP contribution in [-0.4, -0.2) is 48.7 Å². The summed E-state index contributed by atoms with van der Waals surface area (Å²) in [6.07, 6.45) is 0. The summed E-state index contributed by atoms with van der Waals surface area (Å²) in [5, 5.41) is 19.7. The molecule has 1 amide bonds. The molecular formula is C14H16N6O2. The monoisotopic (exact) mass is 300 g/mol. The number of hydrazone groups is 1. The third-order valence-electron chi connectivity index (χ3n) is 3.07. The molecule has 0 aliphatic carbocycles. The number of amides is 1. The number of nitrogens with two attached hydrogens (primary N) is 1. The van der Waals surface area contributed by atoms with Gasteiger partial charge in [-0.2, -0.15) is 10.4 Å². The average Bonchev–Trinajstić information content (AvgIpc) is 2.55. The second-order valence-corrected chi connectivity index (χ2v) is 4.58. The third kappa shape index (κ3) is 3.80. The number of nitrogens with zero attached hydrogens (tertiary/aromatic N) is 3. The van der Waals surface area contributed by atoms with Crippen molar-refractivity contribution in [3.8, 4) is 6.07 Å². The number of amidine groups is 1. The fraction of sp³-hybridized carbons (Fsp3) is 0.286. The van der Waals surface area contributed by atoms with Crippen molar-refractivity contribution in [3.05, 3.63) is 29.8 Å². The van der Waals surface area contributed by atoms with Crippen LogP contribution in [0.4, 0.5) is 5.69 Å². The Kier molecular flexibility index (Phi) is 5.06. The predicted octanol–water partition coefficient (Wildman–Crippen LogP) is 0.386. The molecule has 1 aromatic rings. The van der Waals surface area contributed by atoms with Crippen molar-refractivity contribution in [1.29, 1.82) is 10.7 Å². The molecule has 0 bridgehead atoms. The number of ether oxygens (including phenoxy) is 1. The topological polar surface area (TPSA) is 128 Å². The Hall–Kier alpha value is -2.92. The molecule has 1 fully saturated rings. The molecule has 0 spiro atoms. The van der Waals surface area contributed by atoms with Crippen molar-refractivity contribution in [3.63, 3.8) is 0 Å². The van der Waals surface area contributed by atoms with Gasteiger partial charge < -0.3 is 15.4 Å². The molecule has 1 aromatic carbocycles. The van der Waals surface area contributed by atoms with Gasteiger partial charge in [-0.3, -0.25) is 15.6 Å². The zero-order valence-electron chi connectivity index (χ0n) is 11.9. The van der Waals surface area contributed by atoms with Gasteiger partial charge in [-0.05, 0) is 18.2 Å². The van der Waals surface area contributed by atoms with Gasteiger partial charge in [-0.25, -0.2) is 0 Å². The Morgan fingerprint density at radius 2 is 2.18 bits per heavy atom. The number of carbonyl (C=O) groups is 1. The number of rotatable bonds is 4. The van der Waals surface area contributed by atoms with Crippen molar-refractivity contribution in [2.75, 3.05) is 31.7 Å². The smallest absolute Gasteiger partial charge is 0.254 e. The van der Waals surface area contributed by atoms with Crippen molar-refractivity contribution in [1.82, 2.24) is 4.90 Å². The molecule has 1 aliphatic heterocycles. The van der Waals surface area contributed by atoms with Crippen LogP contribution in [0.15, 0.2) is 29.4 Å². The summed E-state index contributed by atoms with van der Waals surface area (Å²) in [7, 11) is 0. The zero-order chi connectivity index (χ0) is 15.9. The Balaban J connectivity index is 2.11. The van der Waals surface area contributed by atoms with Gasteiger partial charge >= 0.3 is 0 Å². The van der Waals surface area contributed by atoms with Gasteiger partial charge in [-0.1, -0.05) is 6.07 Å². The zero-order valence-corrected chi connectivity index (χ0v) is 11.9. The summed E-state index contributed by atoms with van der Waals surface area (Å²) in [6.45, 7) is 2.21. The molecule has 0 aromatic heterocycles. The van der Waals surface area contributed by atoms with Crippen molar-refractivity contribution >= 4 is 23.1 Å². The minimum atomic E-state index is -0.421. The lowest BCUT2D eigenvalue weighted by molar-refractivity contribution is 0.0303. The van der Waals surface area contributed by atoms with Crippen LogP contribution in [0.2, 0.25) is 0 Å². The second kappa shape index (κ2) is 7.19. The molecule has 0 saturated carbocycles. The minimum Gasteiger partial charge on any atom is -0.382 e. The molecule has 8 heteroatoms. The van der Waals surface area contributed by atoms with E-state index in [0.717, 1.165) is 0 Å². The van der Waals surface area contributed by atoms with Crippen molar-refractivity contribution < 1.29 is 9.53 Å². The number of nitriles is 1. The highest BCUT2D eigenvalue weighted by molar-refractivity contribution is 6.45. The van der Waals surface area contributed by atoms with Gasteiger partial charge in [0.25, 0.3) is 5.91 Å². The maximum Gasteiger partial charge on any atom is 0.254 e. The number of nitrogens with one attached hydrogen (secondary N) is 2. The van der Waals surface area contributed by atoms with Crippen LogP contribution in [0.1, 0.15) is 10.4 Å². The quantitative estimate of drug-likeness (QED) is 0.421.